The summed E-state index contributed by atoms with van der Waals surface area (Å²) in [5.74, 6) is -0.0673. The van der Waals surface area contributed by atoms with Crippen molar-refractivity contribution >= 4 is 23.3 Å². The number of piperazine rings is 1. The van der Waals surface area contributed by atoms with Crippen LogP contribution in [0.5, 0.6) is 0 Å². The second-order valence-corrected chi connectivity index (χ2v) is 11.0. The largest absolute Gasteiger partial charge is 0.461 e. The smallest absolute Gasteiger partial charge is 0.311 e. The van der Waals surface area contributed by atoms with E-state index in [-0.39, 0.29) is 29.3 Å². The molecule has 0 amide bonds. The minimum Gasteiger partial charge on any atom is -0.461 e. The Morgan fingerprint density at radius 3 is 2.75 bits per heavy atom. The van der Waals surface area contributed by atoms with Crippen molar-refractivity contribution in [2.45, 2.75) is 52.2 Å². The summed E-state index contributed by atoms with van der Waals surface area (Å²) in [5, 5.41) is 12.3. The molecule has 5 rings (SSSR count). The van der Waals surface area contributed by atoms with Crippen LogP contribution in [0, 0.1) is 30.1 Å². The molecule has 32 heavy (non-hydrogen) atoms. The molecule has 1 unspecified atom stereocenters. The molecule has 1 aromatic carbocycles. The summed E-state index contributed by atoms with van der Waals surface area (Å²) < 4.78 is 5.85. The van der Waals surface area contributed by atoms with Gasteiger partial charge in [0.25, 0.3) is 0 Å². The molecule has 1 N–H and O–H groups in total. The lowest BCUT2D eigenvalue weighted by Gasteiger charge is -2.52. The average Bonchev–Trinajstić information content (AvgIpc) is 3.08. The number of ether oxygens (including phenoxy) is 1. The van der Waals surface area contributed by atoms with Crippen molar-refractivity contribution in [2.75, 3.05) is 37.6 Å². The monoisotopic (exact) mass is 458 g/mol. The van der Waals surface area contributed by atoms with Crippen LogP contribution in [0.1, 0.15) is 38.7 Å². The molecule has 0 bridgehead atoms. The van der Waals surface area contributed by atoms with E-state index in [4.69, 9.17) is 16.3 Å². The second kappa shape index (κ2) is 8.34. The van der Waals surface area contributed by atoms with E-state index in [1.54, 1.807) is 0 Å². The van der Waals surface area contributed by atoms with Gasteiger partial charge in [0.1, 0.15) is 6.10 Å². The third-order valence-corrected chi connectivity index (χ3v) is 9.14. The molecule has 2 aliphatic carbocycles. The maximum atomic E-state index is 12.9. The number of aliphatic hydroxyl groups excluding tert-OH is 1. The van der Waals surface area contributed by atoms with Crippen LogP contribution in [0.2, 0.25) is 5.02 Å². The number of fused-ring (bicyclic) bond motifs is 2. The van der Waals surface area contributed by atoms with Gasteiger partial charge in [-0.2, -0.15) is 0 Å². The van der Waals surface area contributed by atoms with E-state index in [1.165, 1.54) is 16.8 Å². The normalized spacial score (nSPS) is 37.5. The van der Waals surface area contributed by atoms with Crippen molar-refractivity contribution < 1.29 is 14.6 Å². The zero-order valence-corrected chi connectivity index (χ0v) is 20.1. The molecule has 0 radical (unpaired) electrons. The number of benzene rings is 1. The molecule has 0 aromatic heterocycles. The first-order valence-corrected chi connectivity index (χ1v) is 12.5. The van der Waals surface area contributed by atoms with Crippen LogP contribution in [0.4, 0.5) is 5.69 Å². The van der Waals surface area contributed by atoms with Gasteiger partial charge in [0, 0.05) is 61.2 Å². The van der Waals surface area contributed by atoms with Crippen molar-refractivity contribution in [2.24, 2.45) is 23.2 Å². The van der Waals surface area contributed by atoms with Crippen LogP contribution >= 0.6 is 11.6 Å². The lowest BCUT2D eigenvalue weighted by molar-refractivity contribution is -0.145. The van der Waals surface area contributed by atoms with E-state index in [2.05, 4.69) is 42.7 Å². The quantitative estimate of drug-likeness (QED) is 0.547. The van der Waals surface area contributed by atoms with E-state index >= 15 is 0 Å². The SMILES string of the molecule is Cc1ccc(Cl)cc1N1CCN(CC2C(=O)O[C@@H]3CC4=CCC[C@H](C)[C@@]4(C)[C@@H](O)[C@H]23)CC1. The molecule has 3 fully saturated rings. The summed E-state index contributed by atoms with van der Waals surface area (Å²) >= 11 is 6.23. The highest BCUT2D eigenvalue weighted by Gasteiger charge is 2.59. The molecule has 0 spiro atoms. The lowest BCUT2D eigenvalue weighted by atomic mass is 9.55. The fourth-order valence-corrected chi connectivity index (χ4v) is 6.81. The first-order chi connectivity index (χ1) is 15.3. The third kappa shape index (κ3) is 3.57. The Labute approximate surface area is 196 Å². The fraction of sp³-hybridized carbons (Fsp3) is 0.654. The lowest BCUT2D eigenvalue weighted by Crippen LogP contribution is -2.55. The van der Waals surface area contributed by atoms with E-state index in [9.17, 15) is 9.90 Å². The number of aryl methyl sites for hydroxylation is 1. The number of rotatable bonds is 3. The van der Waals surface area contributed by atoms with Crippen LogP contribution in [0.3, 0.4) is 0 Å². The Kier molecular flexibility index (Phi) is 5.80. The summed E-state index contributed by atoms with van der Waals surface area (Å²) in [7, 11) is 0. The Morgan fingerprint density at radius 2 is 2.00 bits per heavy atom. The highest BCUT2D eigenvalue weighted by molar-refractivity contribution is 6.30. The van der Waals surface area contributed by atoms with Crippen LogP contribution in [-0.2, 0) is 9.53 Å². The number of hydrogen-bond donors (Lipinski definition) is 1. The molecule has 5 nitrogen and oxygen atoms in total. The van der Waals surface area contributed by atoms with Gasteiger partial charge in [0.2, 0.25) is 0 Å². The number of carbonyl (C=O) groups excluding carboxylic acids is 1. The fourth-order valence-electron chi connectivity index (χ4n) is 6.65. The van der Waals surface area contributed by atoms with Gasteiger partial charge in [0.15, 0.2) is 0 Å². The molecule has 4 aliphatic rings. The zero-order valence-electron chi connectivity index (χ0n) is 19.4. The predicted molar refractivity (Wildman–Crippen MR) is 127 cm³/mol. The van der Waals surface area contributed by atoms with Crippen molar-refractivity contribution in [3.63, 3.8) is 0 Å². The van der Waals surface area contributed by atoms with Gasteiger partial charge in [-0.05, 0) is 43.4 Å². The van der Waals surface area contributed by atoms with Crippen LogP contribution in [0.25, 0.3) is 0 Å². The van der Waals surface area contributed by atoms with Crippen LogP contribution in [0.15, 0.2) is 29.8 Å². The Morgan fingerprint density at radius 1 is 1.25 bits per heavy atom. The second-order valence-electron chi connectivity index (χ2n) is 10.5. The number of nitrogens with zero attached hydrogens (tertiary/aromatic N) is 2. The molecule has 2 saturated heterocycles. The van der Waals surface area contributed by atoms with E-state index in [1.807, 2.05) is 12.1 Å². The first-order valence-electron chi connectivity index (χ1n) is 12.1. The molecule has 174 valence electrons. The van der Waals surface area contributed by atoms with E-state index < -0.39 is 6.10 Å². The van der Waals surface area contributed by atoms with Gasteiger partial charge in [-0.3, -0.25) is 9.69 Å². The highest BCUT2D eigenvalue weighted by atomic mass is 35.5. The third-order valence-electron chi connectivity index (χ3n) is 8.91. The van der Waals surface area contributed by atoms with Gasteiger partial charge in [-0.15, -0.1) is 0 Å². The average molecular weight is 459 g/mol. The number of anilines is 1. The zero-order chi connectivity index (χ0) is 22.6. The molecular formula is C26H35ClN2O3. The molecule has 1 saturated carbocycles. The standard InChI is InChI=1S/C26H35ClN2O3/c1-16-7-8-19(27)14-21(16)29-11-9-28(10-12-29)15-20-23-22(32-25(20)31)13-18-6-4-5-17(2)26(18,3)24(23)30/h6-8,14,17,20,22-24,30H,4-5,9-13,15H2,1-3H3/t17-,20?,22+,23+,24-,26+/m0/s1. The highest BCUT2D eigenvalue weighted by Crippen LogP contribution is 2.56. The van der Waals surface area contributed by atoms with Crippen LogP contribution < -0.4 is 4.90 Å². The van der Waals surface area contributed by atoms with Gasteiger partial charge in [0.05, 0.1) is 12.0 Å². The van der Waals surface area contributed by atoms with Crippen molar-refractivity contribution in [1.29, 1.82) is 0 Å². The topological polar surface area (TPSA) is 53.0 Å². The van der Waals surface area contributed by atoms with Crippen molar-refractivity contribution in [3.8, 4) is 0 Å². The molecule has 1 aromatic rings. The van der Waals surface area contributed by atoms with E-state index in [0.717, 1.165) is 50.5 Å². The maximum Gasteiger partial charge on any atom is 0.311 e. The predicted octanol–water partition coefficient (Wildman–Crippen LogP) is 4.06. The van der Waals surface area contributed by atoms with E-state index in [0.29, 0.717) is 12.5 Å². The minimum absolute atomic E-state index is 0.113. The molecule has 2 aliphatic heterocycles. The summed E-state index contributed by atoms with van der Waals surface area (Å²) in [6, 6.07) is 6.04. The summed E-state index contributed by atoms with van der Waals surface area (Å²) in [6.45, 7) is 10.8. The molecule has 6 heteroatoms. The first kappa shape index (κ1) is 22.2. The molecular weight excluding hydrogens is 424 g/mol. The van der Waals surface area contributed by atoms with Gasteiger partial charge < -0.3 is 14.7 Å². The Hall–Kier alpha value is -1.56. The number of hydrogen-bond acceptors (Lipinski definition) is 5. The molecule has 6 atom stereocenters. The van der Waals surface area contributed by atoms with Crippen molar-refractivity contribution in [3.05, 3.63) is 40.4 Å². The maximum absolute atomic E-state index is 12.9. The number of carbonyl (C=O) groups is 1. The van der Waals surface area contributed by atoms with Crippen molar-refractivity contribution in [1.82, 2.24) is 4.90 Å². The summed E-state index contributed by atoms with van der Waals surface area (Å²) in [4.78, 5) is 17.7. The summed E-state index contributed by atoms with van der Waals surface area (Å²) in [5.41, 5.74) is 3.48. The minimum atomic E-state index is -0.533. The van der Waals surface area contributed by atoms with Gasteiger partial charge in [-0.25, -0.2) is 0 Å². The Balaban J connectivity index is 1.28. The number of halogens is 1. The Bertz CT molecular complexity index is 926. The number of aliphatic hydroxyl groups is 1. The van der Waals surface area contributed by atoms with Gasteiger partial charge >= 0.3 is 5.97 Å². The van der Waals surface area contributed by atoms with Gasteiger partial charge in [-0.1, -0.05) is 43.2 Å². The van der Waals surface area contributed by atoms with Crippen LogP contribution in [-0.4, -0.2) is 60.9 Å². The molecule has 2 heterocycles. The number of esters is 1. The summed E-state index contributed by atoms with van der Waals surface area (Å²) in [6.07, 6.45) is 4.52. The number of allylic oxidation sites excluding steroid dienone is 1.